The highest BCUT2D eigenvalue weighted by Gasteiger charge is 2.27. The number of hydrogen-bond donors (Lipinski definition) is 2. The molecule has 1 amide bonds. The lowest BCUT2D eigenvalue weighted by Gasteiger charge is -2.21. The van der Waals surface area contributed by atoms with Gasteiger partial charge in [-0.2, -0.15) is 0 Å². The van der Waals surface area contributed by atoms with Crippen LogP contribution in [0.3, 0.4) is 0 Å². The Balaban J connectivity index is 1.55. The van der Waals surface area contributed by atoms with Gasteiger partial charge in [-0.25, -0.2) is 4.79 Å². The molecule has 2 N–H and O–H groups in total. The van der Waals surface area contributed by atoms with Gasteiger partial charge in [0.1, 0.15) is 5.60 Å². The van der Waals surface area contributed by atoms with Crippen molar-refractivity contribution in [1.29, 1.82) is 0 Å². The van der Waals surface area contributed by atoms with E-state index in [1.807, 2.05) is 20.8 Å². The molecule has 20 heavy (non-hydrogen) atoms. The van der Waals surface area contributed by atoms with Gasteiger partial charge in [0.2, 0.25) is 0 Å². The molecule has 2 unspecified atom stereocenters. The van der Waals surface area contributed by atoms with E-state index in [4.69, 9.17) is 4.74 Å². The van der Waals surface area contributed by atoms with Crippen LogP contribution in [0.1, 0.15) is 65.7 Å². The van der Waals surface area contributed by atoms with Crippen molar-refractivity contribution in [3.63, 3.8) is 0 Å². The summed E-state index contributed by atoms with van der Waals surface area (Å²) in [6.07, 6.45) is 8.55. The molecule has 2 rings (SSSR count). The van der Waals surface area contributed by atoms with Crippen molar-refractivity contribution in [1.82, 2.24) is 10.6 Å². The first-order chi connectivity index (χ1) is 9.42. The summed E-state index contributed by atoms with van der Waals surface area (Å²) in [6, 6.07) is 0.833. The summed E-state index contributed by atoms with van der Waals surface area (Å²) in [5.41, 5.74) is -0.414. The molecule has 4 heteroatoms. The maximum absolute atomic E-state index is 11.7. The summed E-state index contributed by atoms with van der Waals surface area (Å²) in [5, 5.41) is 6.61. The van der Waals surface area contributed by atoms with Gasteiger partial charge in [0.25, 0.3) is 0 Å². The molecule has 0 bridgehead atoms. The summed E-state index contributed by atoms with van der Waals surface area (Å²) >= 11 is 0. The quantitative estimate of drug-likeness (QED) is 0.735. The van der Waals surface area contributed by atoms with Crippen LogP contribution in [0.2, 0.25) is 0 Å². The van der Waals surface area contributed by atoms with E-state index in [2.05, 4.69) is 10.6 Å². The fourth-order valence-electron chi connectivity index (χ4n) is 2.88. The Hall–Kier alpha value is -0.770. The van der Waals surface area contributed by atoms with E-state index in [1.165, 1.54) is 25.7 Å². The Labute approximate surface area is 123 Å². The predicted molar refractivity (Wildman–Crippen MR) is 80.8 cm³/mol. The fourth-order valence-corrected chi connectivity index (χ4v) is 2.88. The van der Waals surface area contributed by atoms with E-state index in [0.717, 1.165) is 31.7 Å². The van der Waals surface area contributed by atoms with Gasteiger partial charge < -0.3 is 15.4 Å². The van der Waals surface area contributed by atoms with Gasteiger partial charge in [-0.05, 0) is 65.3 Å². The molecule has 2 atom stereocenters. The first-order valence-electron chi connectivity index (χ1n) is 8.15. The van der Waals surface area contributed by atoms with Gasteiger partial charge >= 0.3 is 6.09 Å². The second-order valence-electron chi connectivity index (χ2n) is 7.39. The maximum atomic E-state index is 11.7. The monoisotopic (exact) mass is 282 g/mol. The third-order valence-electron chi connectivity index (χ3n) is 4.07. The van der Waals surface area contributed by atoms with Crippen LogP contribution in [-0.2, 0) is 4.74 Å². The van der Waals surface area contributed by atoms with Crippen LogP contribution in [0, 0.1) is 5.92 Å². The van der Waals surface area contributed by atoms with Crippen molar-refractivity contribution in [3.8, 4) is 0 Å². The van der Waals surface area contributed by atoms with E-state index < -0.39 is 5.60 Å². The largest absolute Gasteiger partial charge is 0.444 e. The van der Waals surface area contributed by atoms with Gasteiger partial charge in [0.05, 0.1) is 0 Å². The molecule has 116 valence electrons. The van der Waals surface area contributed by atoms with Crippen molar-refractivity contribution in [2.75, 3.05) is 6.54 Å². The zero-order chi connectivity index (χ0) is 14.6. The molecule has 0 heterocycles. The Morgan fingerprint density at radius 2 is 1.85 bits per heavy atom. The average molecular weight is 282 g/mol. The minimum absolute atomic E-state index is 0.269. The maximum Gasteiger partial charge on any atom is 0.407 e. The van der Waals surface area contributed by atoms with E-state index in [0.29, 0.717) is 6.04 Å². The summed E-state index contributed by atoms with van der Waals surface area (Å²) < 4.78 is 5.30. The molecule has 0 saturated heterocycles. The van der Waals surface area contributed by atoms with E-state index in [-0.39, 0.29) is 12.1 Å². The summed E-state index contributed by atoms with van der Waals surface area (Å²) in [5.74, 6) is 1.03. The zero-order valence-corrected chi connectivity index (χ0v) is 13.2. The average Bonchev–Trinajstić information content (AvgIpc) is 3.03. The first-order valence-corrected chi connectivity index (χ1v) is 8.15. The predicted octanol–water partition coefficient (Wildman–Crippen LogP) is 3.21. The standard InChI is InChI=1S/C16H30N2O2/c1-16(2,3)20-15(19)18-14-9-8-13(11-14)17-10-4-5-12-6-7-12/h12-14,17H,4-11H2,1-3H3,(H,18,19). The number of hydrogen-bond acceptors (Lipinski definition) is 3. The van der Waals surface area contributed by atoms with Crippen molar-refractivity contribution >= 4 is 6.09 Å². The number of carbonyl (C=O) groups excluding carboxylic acids is 1. The SMILES string of the molecule is CC(C)(C)OC(=O)NC1CCC(NCCCC2CC2)C1. The van der Waals surface area contributed by atoms with Crippen LogP contribution >= 0.6 is 0 Å². The summed E-state index contributed by atoms with van der Waals surface area (Å²) in [6.45, 7) is 6.81. The molecule has 2 fully saturated rings. The van der Waals surface area contributed by atoms with Gasteiger partial charge in [-0.3, -0.25) is 0 Å². The van der Waals surface area contributed by atoms with Gasteiger partial charge in [-0.1, -0.05) is 12.8 Å². The molecule has 2 saturated carbocycles. The third-order valence-corrected chi connectivity index (χ3v) is 4.07. The van der Waals surface area contributed by atoms with Crippen LogP contribution in [-0.4, -0.2) is 30.3 Å². The van der Waals surface area contributed by atoms with Gasteiger partial charge in [-0.15, -0.1) is 0 Å². The number of amides is 1. The lowest BCUT2D eigenvalue weighted by Crippen LogP contribution is -2.39. The highest BCUT2D eigenvalue weighted by Crippen LogP contribution is 2.33. The molecule has 0 aromatic carbocycles. The number of carbonyl (C=O) groups is 1. The van der Waals surface area contributed by atoms with Crippen molar-refractivity contribution in [3.05, 3.63) is 0 Å². The molecule has 0 radical (unpaired) electrons. The Morgan fingerprint density at radius 1 is 1.15 bits per heavy atom. The first kappa shape index (κ1) is 15.6. The molecule has 2 aliphatic rings. The number of ether oxygens (including phenoxy) is 1. The van der Waals surface area contributed by atoms with Crippen LogP contribution in [0.25, 0.3) is 0 Å². The van der Waals surface area contributed by atoms with Crippen LogP contribution in [0.15, 0.2) is 0 Å². The highest BCUT2D eigenvalue weighted by atomic mass is 16.6. The second-order valence-corrected chi connectivity index (χ2v) is 7.39. The van der Waals surface area contributed by atoms with Crippen molar-refractivity contribution in [2.45, 2.75) is 83.4 Å². The molecular formula is C16H30N2O2. The minimum Gasteiger partial charge on any atom is -0.444 e. The molecule has 2 aliphatic carbocycles. The van der Waals surface area contributed by atoms with E-state index in [1.54, 1.807) is 0 Å². The van der Waals surface area contributed by atoms with Crippen molar-refractivity contribution in [2.24, 2.45) is 5.92 Å². The normalized spacial score (nSPS) is 26.6. The molecule has 0 aromatic rings. The zero-order valence-electron chi connectivity index (χ0n) is 13.2. The van der Waals surface area contributed by atoms with Gasteiger partial charge in [0.15, 0.2) is 0 Å². The smallest absolute Gasteiger partial charge is 0.407 e. The van der Waals surface area contributed by atoms with E-state index in [9.17, 15) is 4.79 Å². The molecular weight excluding hydrogens is 252 g/mol. The number of rotatable bonds is 6. The Morgan fingerprint density at radius 3 is 2.50 bits per heavy atom. The van der Waals surface area contributed by atoms with Crippen molar-refractivity contribution < 1.29 is 9.53 Å². The Bertz CT molecular complexity index is 321. The summed E-state index contributed by atoms with van der Waals surface area (Å²) in [7, 11) is 0. The fraction of sp³-hybridized carbons (Fsp3) is 0.938. The highest BCUT2D eigenvalue weighted by molar-refractivity contribution is 5.68. The van der Waals surface area contributed by atoms with E-state index >= 15 is 0 Å². The number of alkyl carbamates (subject to hydrolysis) is 1. The lowest BCUT2D eigenvalue weighted by molar-refractivity contribution is 0.0505. The lowest BCUT2D eigenvalue weighted by atomic mass is 10.2. The topological polar surface area (TPSA) is 50.4 Å². The second kappa shape index (κ2) is 6.79. The third kappa shape index (κ3) is 6.12. The minimum atomic E-state index is -0.414. The molecule has 0 spiro atoms. The van der Waals surface area contributed by atoms with Crippen LogP contribution in [0.4, 0.5) is 4.79 Å². The molecule has 0 aliphatic heterocycles. The van der Waals surface area contributed by atoms with Crippen LogP contribution in [0.5, 0.6) is 0 Å². The summed E-state index contributed by atoms with van der Waals surface area (Å²) in [4.78, 5) is 11.7. The van der Waals surface area contributed by atoms with Crippen LogP contribution < -0.4 is 10.6 Å². The molecule has 0 aromatic heterocycles. The number of nitrogens with one attached hydrogen (secondary N) is 2. The van der Waals surface area contributed by atoms with Gasteiger partial charge in [0, 0.05) is 12.1 Å². The molecule has 4 nitrogen and oxygen atoms in total. The Kier molecular flexibility index (Phi) is 5.30.